The number of aliphatic hydroxyl groups is 1. The van der Waals surface area contributed by atoms with Crippen molar-refractivity contribution in [1.29, 1.82) is 5.26 Å². The first-order chi connectivity index (χ1) is 15.9. The van der Waals surface area contributed by atoms with Crippen LogP contribution in [0.4, 0.5) is 5.69 Å². The van der Waals surface area contributed by atoms with E-state index in [1.54, 1.807) is 19.4 Å². The Morgan fingerprint density at radius 1 is 1.15 bits per heavy atom. The van der Waals surface area contributed by atoms with Gasteiger partial charge in [-0.1, -0.05) is 6.92 Å². The zero-order valence-corrected chi connectivity index (χ0v) is 20.6. The maximum absolute atomic E-state index is 11.0. The summed E-state index contributed by atoms with van der Waals surface area (Å²) in [4.78, 5) is 4.24. The SMILES string of the molecule is COC[C@@]1(O)CC[C@H]2[C@H](CC[C@@H]3[C@@H]2CC[C@]2(C)C([C@@H](C)Nc4ccc(C#N)nc4)CC[C@@H]32)C1. The van der Waals surface area contributed by atoms with E-state index in [1.165, 1.54) is 44.9 Å². The van der Waals surface area contributed by atoms with Crippen LogP contribution in [0.3, 0.4) is 0 Å². The Morgan fingerprint density at radius 2 is 1.97 bits per heavy atom. The highest BCUT2D eigenvalue weighted by molar-refractivity contribution is 5.43. The fourth-order valence-corrected chi connectivity index (χ4v) is 9.13. The molecule has 4 fully saturated rings. The van der Waals surface area contributed by atoms with Crippen LogP contribution in [-0.4, -0.2) is 35.5 Å². The van der Waals surface area contributed by atoms with Gasteiger partial charge in [-0.3, -0.25) is 0 Å². The molecular weight excluding hydrogens is 410 g/mol. The minimum absolute atomic E-state index is 0.404. The molecule has 33 heavy (non-hydrogen) atoms. The monoisotopic (exact) mass is 451 g/mol. The van der Waals surface area contributed by atoms with Crippen LogP contribution >= 0.6 is 0 Å². The molecule has 5 nitrogen and oxygen atoms in total. The number of hydrogen-bond donors (Lipinski definition) is 2. The van der Waals surface area contributed by atoms with Gasteiger partial charge in [-0.15, -0.1) is 0 Å². The highest BCUT2D eigenvalue weighted by atomic mass is 16.5. The van der Waals surface area contributed by atoms with E-state index < -0.39 is 5.60 Å². The lowest BCUT2D eigenvalue weighted by molar-refractivity contribution is -0.124. The molecule has 1 heterocycles. The molecule has 1 aromatic heterocycles. The fourth-order valence-electron chi connectivity index (χ4n) is 9.13. The normalized spacial score (nSPS) is 43.0. The lowest BCUT2D eigenvalue weighted by Gasteiger charge is -2.57. The van der Waals surface area contributed by atoms with Crippen LogP contribution in [0.25, 0.3) is 0 Å². The second-order valence-corrected chi connectivity index (χ2v) is 12.0. The molecule has 0 aromatic carbocycles. The van der Waals surface area contributed by atoms with Gasteiger partial charge in [0, 0.05) is 13.2 Å². The van der Waals surface area contributed by atoms with E-state index >= 15 is 0 Å². The van der Waals surface area contributed by atoms with Crippen molar-refractivity contribution in [3.05, 3.63) is 24.0 Å². The van der Waals surface area contributed by atoms with Crippen LogP contribution in [-0.2, 0) is 4.74 Å². The van der Waals surface area contributed by atoms with Gasteiger partial charge in [0.05, 0.1) is 24.1 Å². The molecule has 0 radical (unpaired) electrons. The zero-order valence-electron chi connectivity index (χ0n) is 20.6. The summed E-state index contributed by atoms with van der Waals surface area (Å²) < 4.78 is 5.35. The van der Waals surface area contributed by atoms with Gasteiger partial charge in [0.15, 0.2) is 0 Å². The van der Waals surface area contributed by atoms with E-state index in [2.05, 4.69) is 30.2 Å². The molecule has 4 aliphatic rings. The standard InChI is InChI=1S/C28H41N3O2/c1-18(31-21-6-5-20(15-29)30-16-21)25-8-9-26-24-7-4-19-14-28(32,17-33-3)13-11-22(19)23(24)10-12-27(25,26)2/h5-6,16,18-19,22-26,31-32H,4,7-14,17H2,1-3H3/t18-,19-,22+,23-,24-,25?,26+,27-,28-/m1/s1. The Kier molecular flexibility index (Phi) is 6.20. The number of nitriles is 1. The van der Waals surface area contributed by atoms with Crippen LogP contribution in [0, 0.1) is 52.3 Å². The Labute approximate surface area is 199 Å². The number of ether oxygens (including phenoxy) is 1. The minimum atomic E-state index is -0.591. The second kappa shape index (κ2) is 8.86. The molecule has 5 heteroatoms. The van der Waals surface area contributed by atoms with Crippen molar-refractivity contribution in [2.75, 3.05) is 19.0 Å². The molecule has 5 rings (SSSR count). The van der Waals surface area contributed by atoms with E-state index in [9.17, 15) is 5.11 Å². The van der Waals surface area contributed by atoms with Crippen molar-refractivity contribution in [3.8, 4) is 6.07 Å². The highest BCUT2D eigenvalue weighted by Crippen LogP contribution is 2.65. The predicted molar refractivity (Wildman–Crippen MR) is 129 cm³/mol. The number of nitrogens with one attached hydrogen (secondary N) is 1. The molecule has 0 amide bonds. The van der Waals surface area contributed by atoms with Crippen molar-refractivity contribution in [3.63, 3.8) is 0 Å². The fraction of sp³-hybridized carbons (Fsp3) is 0.786. The van der Waals surface area contributed by atoms with E-state index in [1.807, 2.05) is 6.07 Å². The van der Waals surface area contributed by atoms with Gasteiger partial charge < -0.3 is 15.2 Å². The molecule has 0 aliphatic heterocycles. The van der Waals surface area contributed by atoms with E-state index in [0.29, 0.717) is 35.6 Å². The molecule has 4 aliphatic carbocycles. The van der Waals surface area contributed by atoms with Crippen molar-refractivity contribution >= 4 is 5.69 Å². The Morgan fingerprint density at radius 3 is 2.70 bits per heavy atom. The third-order valence-corrected chi connectivity index (χ3v) is 10.5. The lowest BCUT2D eigenvalue weighted by Crippen LogP contribution is -2.52. The molecular formula is C28H41N3O2. The average Bonchev–Trinajstić information content (AvgIpc) is 3.16. The van der Waals surface area contributed by atoms with Gasteiger partial charge in [-0.05, 0) is 118 Å². The smallest absolute Gasteiger partial charge is 0.140 e. The Bertz CT molecular complexity index is 882. The molecule has 0 saturated heterocycles. The third kappa shape index (κ3) is 4.08. The predicted octanol–water partition coefficient (Wildman–Crippen LogP) is 5.40. The number of fused-ring (bicyclic) bond motifs is 5. The maximum atomic E-state index is 11.0. The summed E-state index contributed by atoms with van der Waals surface area (Å²) in [6.07, 6.45) is 12.9. The third-order valence-electron chi connectivity index (χ3n) is 10.5. The van der Waals surface area contributed by atoms with Crippen molar-refractivity contribution in [2.24, 2.45) is 40.9 Å². The minimum Gasteiger partial charge on any atom is -0.387 e. The largest absolute Gasteiger partial charge is 0.387 e. The van der Waals surface area contributed by atoms with Crippen LogP contribution in [0.2, 0.25) is 0 Å². The molecule has 180 valence electrons. The van der Waals surface area contributed by atoms with Gasteiger partial charge in [0.1, 0.15) is 11.8 Å². The summed E-state index contributed by atoms with van der Waals surface area (Å²) in [6.45, 7) is 5.43. The molecule has 1 unspecified atom stereocenters. The summed E-state index contributed by atoms with van der Waals surface area (Å²) in [7, 11) is 1.72. The first-order valence-corrected chi connectivity index (χ1v) is 13.2. The number of anilines is 1. The average molecular weight is 452 g/mol. The van der Waals surface area contributed by atoms with E-state index in [4.69, 9.17) is 10.00 Å². The number of hydrogen-bond acceptors (Lipinski definition) is 5. The first-order valence-electron chi connectivity index (χ1n) is 13.2. The number of aromatic nitrogens is 1. The Balaban J connectivity index is 1.27. The maximum Gasteiger partial charge on any atom is 0.140 e. The number of methoxy groups -OCH3 is 1. The van der Waals surface area contributed by atoms with Gasteiger partial charge in [0.25, 0.3) is 0 Å². The van der Waals surface area contributed by atoms with E-state index in [0.717, 1.165) is 42.2 Å². The second-order valence-electron chi connectivity index (χ2n) is 12.0. The van der Waals surface area contributed by atoms with Gasteiger partial charge in [-0.25, -0.2) is 4.98 Å². The zero-order chi connectivity index (χ0) is 23.2. The topological polar surface area (TPSA) is 78.2 Å². The lowest BCUT2D eigenvalue weighted by atomic mass is 9.48. The van der Waals surface area contributed by atoms with Crippen molar-refractivity contribution in [2.45, 2.75) is 83.3 Å². The molecule has 0 bridgehead atoms. The molecule has 9 atom stereocenters. The number of pyridine rings is 1. The van der Waals surface area contributed by atoms with Gasteiger partial charge in [0.2, 0.25) is 0 Å². The van der Waals surface area contributed by atoms with Crippen LogP contribution < -0.4 is 5.32 Å². The van der Waals surface area contributed by atoms with Gasteiger partial charge in [-0.2, -0.15) is 5.26 Å². The highest BCUT2D eigenvalue weighted by Gasteiger charge is 2.58. The van der Waals surface area contributed by atoms with E-state index in [-0.39, 0.29) is 0 Å². The number of nitrogens with zero attached hydrogens (tertiary/aromatic N) is 2. The molecule has 1 aromatic rings. The molecule has 4 saturated carbocycles. The van der Waals surface area contributed by atoms with Crippen molar-refractivity contribution in [1.82, 2.24) is 4.98 Å². The van der Waals surface area contributed by atoms with Crippen LogP contribution in [0.1, 0.15) is 77.3 Å². The summed E-state index contributed by atoms with van der Waals surface area (Å²) in [5.74, 6) is 4.74. The van der Waals surface area contributed by atoms with Crippen LogP contribution in [0.15, 0.2) is 18.3 Å². The summed E-state index contributed by atoms with van der Waals surface area (Å²) in [5.41, 5.74) is 1.31. The summed E-state index contributed by atoms with van der Waals surface area (Å²) in [6, 6.07) is 6.30. The molecule has 2 N–H and O–H groups in total. The van der Waals surface area contributed by atoms with Crippen LogP contribution in [0.5, 0.6) is 0 Å². The number of rotatable bonds is 5. The first kappa shape index (κ1) is 23.1. The van der Waals surface area contributed by atoms with Gasteiger partial charge >= 0.3 is 0 Å². The van der Waals surface area contributed by atoms with Crippen molar-refractivity contribution < 1.29 is 9.84 Å². The summed E-state index contributed by atoms with van der Waals surface area (Å²) in [5, 5.41) is 23.7. The Hall–Kier alpha value is -1.64. The quantitative estimate of drug-likeness (QED) is 0.627. The molecule has 0 spiro atoms. The summed E-state index contributed by atoms with van der Waals surface area (Å²) >= 11 is 0.